The van der Waals surface area contributed by atoms with Gasteiger partial charge in [0.15, 0.2) is 11.0 Å². The molecule has 2 aromatic rings. The number of nitrogens with zero attached hydrogens (tertiary/aromatic N) is 4. The highest BCUT2D eigenvalue weighted by Crippen LogP contribution is 2.37. The van der Waals surface area contributed by atoms with Crippen LogP contribution in [0.15, 0.2) is 18.3 Å². The molecule has 0 aromatic carbocycles. The van der Waals surface area contributed by atoms with Crippen LogP contribution in [0, 0.1) is 11.7 Å². The molecule has 3 rings (SSSR count). The number of aliphatic carboxylic acids is 1. The maximum atomic E-state index is 13.1. The zero-order chi connectivity index (χ0) is 21.3. The van der Waals surface area contributed by atoms with E-state index in [4.69, 9.17) is 16.7 Å². The minimum absolute atomic E-state index is 0.0690. The van der Waals surface area contributed by atoms with Crippen molar-refractivity contribution in [2.24, 2.45) is 5.92 Å². The van der Waals surface area contributed by atoms with Crippen molar-refractivity contribution in [2.75, 3.05) is 26.7 Å². The second-order valence-electron chi connectivity index (χ2n) is 7.04. The number of pyridine rings is 1. The first-order chi connectivity index (χ1) is 13.6. The van der Waals surface area contributed by atoms with Crippen molar-refractivity contribution in [1.29, 1.82) is 0 Å². The highest BCUT2D eigenvalue weighted by molar-refractivity contribution is 7.86. The van der Waals surface area contributed by atoms with E-state index in [1.807, 2.05) is 6.92 Å². The highest BCUT2D eigenvalue weighted by Gasteiger charge is 2.37. The summed E-state index contributed by atoms with van der Waals surface area (Å²) < 4.78 is 40.4. The quantitative estimate of drug-likeness (QED) is 0.701. The molecule has 2 N–H and O–H groups in total. The summed E-state index contributed by atoms with van der Waals surface area (Å²) in [5.41, 5.74) is 1.12. The third-order valence-electron chi connectivity index (χ3n) is 4.97. The van der Waals surface area contributed by atoms with Gasteiger partial charge in [-0.2, -0.15) is 17.0 Å². The number of halogens is 2. The molecule has 9 nitrogen and oxygen atoms in total. The van der Waals surface area contributed by atoms with Crippen LogP contribution in [-0.2, 0) is 15.0 Å². The van der Waals surface area contributed by atoms with Crippen molar-refractivity contribution in [1.82, 2.24) is 23.6 Å². The van der Waals surface area contributed by atoms with Crippen molar-refractivity contribution >= 4 is 27.8 Å². The number of hydrogen-bond acceptors (Lipinski definition) is 5. The van der Waals surface area contributed by atoms with Gasteiger partial charge in [-0.05, 0) is 24.5 Å². The van der Waals surface area contributed by atoms with E-state index in [0.717, 1.165) is 10.5 Å². The van der Waals surface area contributed by atoms with E-state index in [9.17, 15) is 17.6 Å². The number of H-pyrrole nitrogens is 1. The molecular formula is C17H21ClFN5O4S. The van der Waals surface area contributed by atoms with Gasteiger partial charge in [0.2, 0.25) is 0 Å². The van der Waals surface area contributed by atoms with Gasteiger partial charge >= 0.3 is 5.97 Å². The van der Waals surface area contributed by atoms with E-state index >= 15 is 0 Å². The zero-order valence-electron chi connectivity index (χ0n) is 15.8. The average molecular weight is 446 g/mol. The Balaban J connectivity index is 1.76. The zero-order valence-corrected chi connectivity index (χ0v) is 17.4. The Kier molecular flexibility index (Phi) is 6.22. The van der Waals surface area contributed by atoms with Gasteiger partial charge in [-0.3, -0.25) is 4.79 Å². The average Bonchev–Trinajstić information content (AvgIpc) is 3.03. The van der Waals surface area contributed by atoms with Crippen LogP contribution in [0.3, 0.4) is 0 Å². The fourth-order valence-electron chi connectivity index (χ4n) is 3.46. The number of aromatic amines is 1. The Labute approximate surface area is 172 Å². The van der Waals surface area contributed by atoms with Crippen LogP contribution in [0.2, 0.25) is 5.15 Å². The van der Waals surface area contributed by atoms with Crippen molar-refractivity contribution < 1.29 is 22.7 Å². The van der Waals surface area contributed by atoms with E-state index in [-0.39, 0.29) is 30.1 Å². The van der Waals surface area contributed by atoms with E-state index in [0.29, 0.717) is 23.6 Å². The molecule has 2 aromatic heterocycles. The van der Waals surface area contributed by atoms with E-state index in [1.165, 1.54) is 23.5 Å². The molecule has 0 bridgehead atoms. The smallest absolute Gasteiger partial charge is 0.318 e. The first-order valence-electron chi connectivity index (χ1n) is 8.90. The molecule has 2 atom stereocenters. The molecule has 3 heterocycles. The lowest BCUT2D eigenvalue weighted by Crippen LogP contribution is -2.49. The highest BCUT2D eigenvalue weighted by atomic mass is 35.5. The molecular weight excluding hydrogens is 425 g/mol. The second kappa shape index (κ2) is 8.34. The summed E-state index contributed by atoms with van der Waals surface area (Å²) in [7, 11) is -2.62. The number of carbonyl (C=O) groups is 1. The van der Waals surface area contributed by atoms with E-state index < -0.39 is 28.5 Å². The molecule has 1 fully saturated rings. The summed E-state index contributed by atoms with van der Waals surface area (Å²) >= 11 is 6.31. The van der Waals surface area contributed by atoms with Crippen LogP contribution in [0.1, 0.15) is 25.0 Å². The third-order valence-corrected chi connectivity index (χ3v) is 7.16. The molecule has 1 aliphatic rings. The molecule has 0 saturated carbocycles. The number of aromatic nitrogens is 3. The van der Waals surface area contributed by atoms with Crippen LogP contribution in [-0.4, -0.2) is 69.7 Å². The Morgan fingerprint density at radius 2 is 2.21 bits per heavy atom. The lowest BCUT2D eigenvalue weighted by Gasteiger charge is -2.37. The minimum atomic E-state index is -3.87. The topological polar surface area (TPSA) is 119 Å². The third kappa shape index (κ3) is 4.58. The summed E-state index contributed by atoms with van der Waals surface area (Å²) in [5.74, 6) is -1.43. The first-order valence-corrected chi connectivity index (χ1v) is 10.7. The predicted molar refractivity (Wildman–Crippen MR) is 104 cm³/mol. The standard InChI is InChI=1S/C17H21ClFN5O4S/c1-10-8-24(29(27,28)23(2)9-14(25)26)6-5-12(10)15-16(18)22-17(21-15)13-4-3-11(19)7-20-13/h3-4,7,10,12H,5-6,8-9H2,1-2H3,(H,21,22)(H,25,26)/t10-,12+/m1/s1. The number of rotatable bonds is 6. The first kappa shape index (κ1) is 21.6. The molecule has 29 heavy (non-hydrogen) atoms. The Morgan fingerprint density at radius 3 is 2.79 bits per heavy atom. The van der Waals surface area contributed by atoms with Gasteiger partial charge in [-0.15, -0.1) is 0 Å². The van der Waals surface area contributed by atoms with Gasteiger partial charge in [0.25, 0.3) is 10.2 Å². The number of imidazole rings is 1. The number of nitrogens with one attached hydrogen (secondary N) is 1. The monoisotopic (exact) mass is 445 g/mol. The largest absolute Gasteiger partial charge is 0.480 e. The summed E-state index contributed by atoms with van der Waals surface area (Å²) in [6.45, 7) is 1.74. The summed E-state index contributed by atoms with van der Waals surface area (Å²) in [5, 5.41) is 9.12. The maximum absolute atomic E-state index is 13.1. The van der Waals surface area contributed by atoms with Gasteiger partial charge in [0, 0.05) is 26.1 Å². The van der Waals surface area contributed by atoms with E-state index in [2.05, 4.69) is 15.0 Å². The summed E-state index contributed by atoms with van der Waals surface area (Å²) in [6.07, 6.45) is 1.57. The SMILES string of the molecule is C[C@@H]1CN(S(=O)(=O)N(C)CC(=O)O)CC[C@@H]1c1[nH]c(-c2ccc(F)cn2)nc1Cl. The van der Waals surface area contributed by atoms with Crippen molar-refractivity contribution in [3.8, 4) is 11.5 Å². The molecule has 158 valence electrons. The van der Waals surface area contributed by atoms with Crippen LogP contribution < -0.4 is 0 Å². The molecule has 0 unspecified atom stereocenters. The molecule has 1 saturated heterocycles. The Morgan fingerprint density at radius 1 is 1.48 bits per heavy atom. The summed E-state index contributed by atoms with van der Waals surface area (Å²) in [4.78, 5) is 22.2. The number of carboxylic acids is 1. The molecule has 0 spiro atoms. The van der Waals surface area contributed by atoms with Gasteiger partial charge in [-0.1, -0.05) is 18.5 Å². The normalized spacial score (nSPS) is 20.9. The van der Waals surface area contributed by atoms with Crippen LogP contribution in [0.25, 0.3) is 11.5 Å². The maximum Gasteiger partial charge on any atom is 0.318 e. The van der Waals surface area contributed by atoms with Crippen molar-refractivity contribution in [3.05, 3.63) is 35.0 Å². The fourth-order valence-corrected chi connectivity index (χ4v) is 5.16. The lowest BCUT2D eigenvalue weighted by atomic mass is 9.86. The number of hydrogen-bond donors (Lipinski definition) is 2. The Bertz CT molecular complexity index is 998. The van der Waals surface area contributed by atoms with Crippen LogP contribution in [0.5, 0.6) is 0 Å². The van der Waals surface area contributed by atoms with Gasteiger partial charge in [0.05, 0.1) is 11.9 Å². The molecule has 0 aliphatic carbocycles. The fraction of sp³-hybridized carbons (Fsp3) is 0.471. The molecule has 0 amide bonds. The summed E-state index contributed by atoms with van der Waals surface area (Å²) in [6, 6.07) is 2.77. The second-order valence-corrected chi connectivity index (χ2v) is 9.43. The van der Waals surface area contributed by atoms with Gasteiger partial charge < -0.3 is 10.1 Å². The molecule has 12 heteroatoms. The minimum Gasteiger partial charge on any atom is -0.480 e. The van der Waals surface area contributed by atoms with Crippen molar-refractivity contribution in [3.63, 3.8) is 0 Å². The molecule has 0 radical (unpaired) electrons. The predicted octanol–water partition coefficient (Wildman–Crippen LogP) is 1.95. The van der Waals surface area contributed by atoms with Gasteiger partial charge in [0.1, 0.15) is 18.1 Å². The Hall–Kier alpha value is -2.08. The van der Waals surface area contributed by atoms with Crippen LogP contribution >= 0.6 is 11.6 Å². The van der Waals surface area contributed by atoms with Gasteiger partial charge in [-0.25, -0.2) is 14.4 Å². The number of likely N-dealkylation sites (N-methyl/N-ethyl adjacent to an activating group) is 1. The number of carboxylic acid groups (broad SMARTS) is 1. The lowest BCUT2D eigenvalue weighted by molar-refractivity contribution is -0.137. The van der Waals surface area contributed by atoms with E-state index in [1.54, 1.807) is 0 Å². The number of piperidine rings is 1. The van der Waals surface area contributed by atoms with Crippen LogP contribution in [0.4, 0.5) is 4.39 Å². The molecule has 1 aliphatic heterocycles. The van der Waals surface area contributed by atoms with Crippen molar-refractivity contribution in [2.45, 2.75) is 19.3 Å².